The molecular formula is C15H13ClN6O2. The highest BCUT2D eigenvalue weighted by Crippen LogP contribution is 2.46. The minimum Gasteiger partial charge on any atom is -0.481 e. The number of benzene rings is 1. The van der Waals surface area contributed by atoms with Crippen molar-refractivity contribution in [2.24, 2.45) is 5.92 Å². The van der Waals surface area contributed by atoms with E-state index in [-0.39, 0.29) is 11.8 Å². The number of hydrogen-bond donors (Lipinski definition) is 1. The second-order valence-electron chi connectivity index (χ2n) is 5.76. The molecule has 3 aromatic rings. The van der Waals surface area contributed by atoms with Crippen LogP contribution in [0.2, 0.25) is 5.02 Å². The number of hydrogen-bond acceptors (Lipinski definition) is 5. The Bertz CT molecular complexity index is 888. The predicted molar refractivity (Wildman–Crippen MR) is 84.0 cm³/mol. The summed E-state index contributed by atoms with van der Waals surface area (Å²) in [5.41, 5.74) is 2.30. The van der Waals surface area contributed by atoms with Crippen molar-refractivity contribution in [3.05, 3.63) is 53.1 Å². The van der Waals surface area contributed by atoms with E-state index in [9.17, 15) is 4.79 Å². The number of halogens is 1. The lowest BCUT2D eigenvalue weighted by atomic mass is 10.2. The monoisotopic (exact) mass is 344 g/mol. The molecule has 0 radical (unpaired) electrons. The fourth-order valence-corrected chi connectivity index (χ4v) is 2.74. The van der Waals surface area contributed by atoms with E-state index in [0.29, 0.717) is 23.7 Å². The van der Waals surface area contributed by atoms with E-state index in [1.165, 1.54) is 0 Å². The lowest BCUT2D eigenvalue weighted by Crippen LogP contribution is -2.01. The molecule has 4 rings (SSSR count). The van der Waals surface area contributed by atoms with Crippen molar-refractivity contribution in [1.29, 1.82) is 0 Å². The van der Waals surface area contributed by atoms with Gasteiger partial charge in [0.1, 0.15) is 5.69 Å². The molecule has 8 nitrogen and oxygen atoms in total. The highest BCUT2D eigenvalue weighted by Gasteiger charge is 2.46. The van der Waals surface area contributed by atoms with E-state index in [1.807, 2.05) is 18.3 Å². The highest BCUT2D eigenvalue weighted by atomic mass is 35.5. The van der Waals surface area contributed by atoms with Crippen LogP contribution in [0.1, 0.15) is 23.7 Å². The van der Waals surface area contributed by atoms with Crippen molar-refractivity contribution >= 4 is 17.6 Å². The molecule has 0 unspecified atom stereocenters. The summed E-state index contributed by atoms with van der Waals surface area (Å²) >= 11 is 5.87. The minimum absolute atomic E-state index is 0.0269. The molecule has 122 valence electrons. The molecule has 0 saturated heterocycles. The third kappa shape index (κ3) is 2.88. The Morgan fingerprint density at radius 3 is 2.71 bits per heavy atom. The van der Waals surface area contributed by atoms with Gasteiger partial charge >= 0.3 is 5.97 Å². The van der Waals surface area contributed by atoms with Crippen LogP contribution < -0.4 is 0 Å². The molecule has 0 bridgehead atoms. The van der Waals surface area contributed by atoms with Gasteiger partial charge < -0.3 is 5.11 Å². The Hall–Kier alpha value is -2.74. The van der Waals surface area contributed by atoms with Crippen LogP contribution in [0.3, 0.4) is 0 Å². The zero-order valence-corrected chi connectivity index (χ0v) is 13.2. The number of carboxylic acid groups (broad SMARTS) is 1. The molecule has 1 fully saturated rings. The molecule has 0 aliphatic heterocycles. The van der Waals surface area contributed by atoms with Crippen LogP contribution in [0, 0.1) is 5.92 Å². The van der Waals surface area contributed by atoms with E-state index < -0.39 is 5.97 Å². The van der Waals surface area contributed by atoms with Gasteiger partial charge in [0.15, 0.2) is 0 Å². The van der Waals surface area contributed by atoms with Crippen LogP contribution in [0.5, 0.6) is 0 Å². The van der Waals surface area contributed by atoms with Gasteiger partial charge in [0, 0.05) is 17.1 Å². The summed E-state index contributed by atoms with van der Waals surface area (Å²) in [6, 6.07) is 7.29. The predicted octanol–water partition coefficient (Wildman–Crippen LogP) is 1.75. The molecule has 1 saturated carbocycles. The highest BCUT2D eigenvalue weighted by molar-refractivity contribution is 6.30. The van der Waals surface area contributed by atoms with Crippen molar-refractivity contribution < 1.29 is 9.90 Å². The number of nitrogens with zero attached hydrogens (tertiary/aromatic N) is 6. The van der Waals surface area contributed by atoms with Crippen LogP contribution in [0.4, 0.5) is 0 Å². The van der Waals surface area contributed by atoms with Crippen molar-refractivity contribution in [3.63, 3.8) is 0 Å². The fraction of sp³-hybridized carbons (Fsp3) is 0.267. The van der Waals surface area contributed by atoms with Gasteiger partial charge in [-0.1, -0.05) is 22.0 Å². The Labute approximate surface area is 141 Å². The quantitative estimate of drug-likeness (QED) is 0.757. The van der Waals surface area contributed by atoms with E-state index in [0.717, 1.165) is 11.4 Å². The number of rotatable bonds is 5. The normalized spacial score (nSPS) is 19.4. The van der Waals surface area contributed by atoms with Crippen LogP contribution in [0.15, 0.2) is 36.7 Å². The molecule has 1 aliphatic carbocycles. The number of aliphatic carboxylic acids is 1. The molecule has 2 aromatic heterocycles. The Morgan fingerprint density at radius 1 is 1.21 bits per heavy atom. The SMILES string of the molecule is O=C(O)[C@@H]1C[C@@H]1c1cn(Cc2cn(-c3ccc(Cl)cc3)nn2)nn1. The van der Waals surface area contributed by atoms with E-state index in [1.54, 1.807) is 27.7 Å². The van der Waals surface area contributed by atoms with E-state index >= 15 is 0 Å². The second-order valence-corrected chi connectivity index (χ2v) is 6.20. The summed E-state index contributed by atoms with van der Waals surface area (Å²) in [7, 11) is 0. The molecule has 1 aromatic carbocycles. The van der Waals surface area contributed by atoms with E-state index in [2.05, 4.69) is 20.6 Å². The van der Waals surface area contributed by atoms with Gasteiger partial charge in [-0.2, -0.15) is 0 Å². The first-order chi connectivity index (χ1) is 11.6. The summed E-state index contributed by atoms with van der Waals surface area (Å²) in [4.78, 5) is 10.9. The first-order valence-electron chi connectivity index (χ1n) is 7.40. The number of carboxylic acids is 1. The van der Waals surface area contributed by atoms with Crippen LogP contribution in [0.25, 0.3) is 5.69 Å². The van der Waals surface area contributed by atoms with Crippen molar-refractivity contribution in [2.75, 3.05) is 0 Å². The molecule has 1 aliphatic rings. The van der Waals surface area contributed by atoms with Crippen LogP contribution in [-0.4, -0.2) is 41.1 Å². The molecule has 2 atom stereocenters. The smallest absolute Gasteiger partial charge is 0.307 e. The first kappa shape index (κ1) is 14.8. The summed E-state index contributed by atoms with van der Waals surface area (Å²) in [5, 5.41) is 25.9. The maximum Gasteiger partial charge on any atom is 0.307 e. The third-order valence-electron chi connectivity index (χ3n) is 4.00. The van der Waals surface area contributed by atoms with E-state index in [4.69, 9.17) is 16.7 Å². The van der Waals surface area contributed by atoms with Gasteiger partial charge in [-0.25, -0.2) is 9.36 Å². The Kier molecular flexibility index (Phi) is 3.53. The summed E-state index contributed by atoms with van der Waals surface area (Å²) < 4.78 is 3.30. The molecular weight excluding hydrogens is 332 g/mol. The Morgan fingerprint density at radius 2 is 2.00 bits per heavy atom. The second kappa shape index (κ2) is 5.72. The van der Waals surface area contributed by atoms with Gasteiger partial charge in [-0.3, -0.25) is 4.79 Å². The zero-order valence-electron chi connectivity index (χ0n) is 12.4. The molecule has 2 heterocycles. The Balaban J connectivity index is 1.46. The molecule has 0 spiro atoms. The van der Waals surface area contributed by atoms with Crippen LogP contribution in [-0.2, 0) is 11.3 Å². The summed E-state index contributed by atoms with van der Waals surface area (Å²) in [6.07, 6.45) is 4.21. The average molecular weight is 345 g/mol. The molecule has 1 N–H and O–H groups in total. The largest absolute Gasteiger partial charge is 0.481 e. The molecule has 24 heavy (non-hydrogen) atoms. The van der Waals surface area contributed by atoms with Gasteiger partial charge in [0.05, 0.1) is 30.0 Å². The summed E-state index contributed by atoms with van der Waals surface area (Å²) in [5.74, 6) is -1.14. The summed E-state index contributed by atoms with van der Waals surface area (Å²) in [6.45, 7) is 0.422. The zero-order chi connectivity index (χ0) is 16.7. The topological polar surface area (TPSA) is 98.7 Å². The maximum absolute atomic E-state index is 10.9. The number of aromatic nitrogens is 6. The third-order valence-corrected chi connectivity index (χ3v) is 4.25. The maximum atomic E-state index is 10.9. The average Bonchev–Trinajstić information content (AvgIpc) is 3.01. The lowest BCUT2D eigenvalue weighted by molar-refractivity contribution is -0.138. The number of carbonyl (C=O) groups is 1. The molecule has 0 amide bonds. The van der Waals surface area contributed by atoms with Crippen molar-refractivity contribution in [1.82, 2.24) is 30.0 Å². The van der Waals surface area contributed by atoms with Gasteiger partial charge in [-0.15, -0.1) is 10.2 Å². The molecule has 9 heteroatoms. The van der Waals surface area contributed by atoms with Crippen molar-refractivity contribution in [3.8, 4) is 5.69 Å². The van der Waals surface area contributed by atoms with Gasteiger partial charge in [-0.05, 0) is 30.7 Å². The lowest BCUT2D eigenvalue weighted by Gasteiger charge is -1.99. The van der Waals surface area contributed by atoms with Gasteiger partial charge in [0.25, 0.3) is 0 Å². The van der Waals surface area contributed by atoms with Gasteiger partial charge in [0.2, 0.25) is 0 Å². The van der Waals surface area contributed by atoms with Crippen LogP contribution >= 0.6 is 11.6 Å². The first-order valence-corrected chi connectivity index (χ1v) is 7.78. The van der Waals surface area contributed by atoms with Crippen molar-refractivity contribution in [2.45, 2.75) is 18.9 Å². The standard InChI is InChI=1S/C15H13ClN6O2/c16-9-1-3-11(4-2-9)22-7-10(17-20-22)6-21-8-14(18-19-21)12-5-13(12)15(23)24/h1-4,7-8,12-13H,5-6H2,(H,23,24)/t12-,13+/m0/s1. The fourth-order valence-electron chi connectivity index (χ4n) is 2.61. The minimum atomic E-state index is -0.777.